The number of nitrogens with zero attached hydrogens (tertiary/aromatic N) is 2. The molecular weight excluding hydrogens is 474 g/mol. The molecule has 3 rings (SSSR count). The number of halogens is 2. The van der Waals surface area contributed by atoms with E-state index in [-0.39, 0.29) is 17.0 Å². The van der Waals surface area contributed by atoms with Crippen molar-refractivity contribution in [2.75, 3.05) is 5.32 Å². The van der Waals surface area contributed by atoms with Gasteiger partial charge in [-0.1, -0.05) is 17.7 Å². The molecule has 1 N–H and O–H groups in total. The number of non-ortho nitro benzene ring substituents is 1. The fourth-order valence-corrected chi connectivity index (χ4v) is 3.34. The van der Waals surface area contributed by atoms with Crippen LogP contribution in [0, 0.1) is 28.4 Å². The molecule has 30 heavy (non-hydrogen) atoms. The maximum Gasteiger partial charge on any atom is 0.270 e. The number of hydrogen-bond donors (Lipinski definition) is 1. The molecule has 1 heterocycles. The lowest BCUT2D eigenvalue weighted by molar-refractivity contribution is -0.384. The van der Waals surface area contributed by atoms with Crippen molar-refractivity contribution in [3.05, 3.63) is 85.0 Å². The Bertz CT molecular complexity index is 1230. The molecule has 9 heteroatoms. The minimum absolute atomic E-state index is 0.0583. The molecular formula is C21H13BrClN3O4. The maximum absolute atomic E-state index is 12.5. The molecule has 1 amide bonds. The highest BCUT2D eigenvalue weighted by Crippen LogP contribution is 2.33. The van der Waals surface area contributed by atoms with Crippen LogP contribution in [0.1, 0.15) is 11.3 Å². The smallest absolute Gasteiger partial charge is 0.270 e. The zero-order valence-corrected chi connectivity index (χ0v) is 17.8. The number of hydrogen-bond acceptors (Lipinski definition) is 5. The maximum atomic E-state index is 12.5. The molecule has 150 valence electrons. The van der Waals surface area contributed by atoms with Crippen LogP contribution in [0.25, 0.3) is 17.4 Å². The molecule has 0 atom stereocenters. The second-order valence-corrected chi connectivity index (χ2v) is 7.50. The highest BCUT2D eigenvalue weighted by molar-refractivity contribution is 9.10. The van der Waals surface area contributed by atoms with Gasteiger partial charge in [0.05, 0.1) is 4.92 Å². The summed E-state index contributed by atoms with van der Waals surface area (Å²) < 4.78 is 6.18. The number of anilines is 1. The monoisotopic (exact) mass is 485 g/mol. The molecule has 0 radical (unpaired) electrons. The van der Waals surface area contributed by atoms with E-state index in [2.05, 4.69) is 21.2 Å². The van der Waals surface area contributed by atoms with E-state index in [1.54, 1.807) is 36.4 Å². The molecule has 0 aliphatic rings. The highest BCUT2D eigenvalue weighted by Gasteiger charge is 2.15. The zero-order chi connectivity index (χ0) is 21.8. The lowest BCUT2D eigenvalue weighted by atomic mass is 10.1. The van der Waals surface area contributed by atoms with Crippen LogP contribution in [-0.2, 0) is 4.79 Å². The number of furan rings is 1. The van der Waals surface area contributed by atoms with Crippen LogP contribution < -0.4 is 5.32 Å². The first kappa shape index (κ1) is 21.3. The summed E-state index contributed by atoms with van der Waals surface area (Å²) >= 11 is 9.25. The summed E-state index contributed by atoms with van der Waals surface area (Å²) in [4.78, 5) is 22.9. The highest BCUT2D eigenvalue weighted by atomic mass is 79.9. The van der Waals surface area contributed by atoms with Crippen molar-refractivity contribution < 1.29 is 14.1 Å². The fourth-order valence-electron chi connectivity index (χ4n) is 2.60. The van der Waals surface area contributed by atoms with Gasteiger partial charge < -0.3 is 9.73 Å². The number of carbonyl (C=O) groups is 1. The Morgan fingerprint density at radius 2 is 2.03 bits per heavy atom. The summed E-state index contributed by atoms with van der Waals surface area (Å²) in [6, 6.07) is 14.4. The van der Waals surface area contributed by atoms with Crippen molar-refractivity contribution in [1.82, 2.24) is 0 Å². The van der Waals surface area contributed by atoms with Gasteiger partial charge in [-0.3, -0.25) is 14.9 Å². The quantitative estimate of drug-likeness (QED) is 0.202. The Morgan fingerprint density at radius 3 is 2.70 bits per heavy atom. The number of aryl methyl sites for hydroxylation is 1. The van der Waals surface area contributed by atoms with Crippen molar-refractivity contribution in [1.29, 1.82) is 5.26 Å². The number of benzene rings is 2. The molecule has 0 spiro atoms. The van der Waals surface area contributed by atoms with Gasteiger partial charge in [0.15, 0.2) is 0 Å². The number of nitriles is 1. The molecule has 0 bridgehead atoms. The second-order valence-electron chi connectivity index (χ2n) is 6.21. The molecule has 2 aromatic carbocycles. The summed E-state index contributed by atoms with van der Waals surface area (Å²) in [6.07, 6.45) is 1.32. The van der Waals surface area contributed by atoms with Crippen LogP contribution in [0.5, 0.6) is 0 Å². The molecule has 0 unspecified atom stereocenters. The minimum Gasteiger partial charge on any atom is -0.457 e. The first-order chi connectivity index (χ1) is 14.3. The normalized spacial score (nSPS) is 11.1. The van der Waals surface area contributed by atoms with Crippen molar-refractivity contribution in [3.63, 3.8) is 0 Å². The third-order valence-electron chi connectivity index (χ3n) is 4.16. The number of nitro groups is 1. The number of nitro benzene ring substituents is 1. The van der Waals surface area contributed by atoms with E-state index >= 15 is 0 Å². The van der Waals surface area contributed by atoms with Crippen LogP contribution in [-0.4, -0.2) is 10.8 Å². The predicted molar refractivity (Wildman–Crippen MR) is 117 cm³/mol. The molecule has 7 nitrogen and oxygen atoms in total. The van der Waals surface area contributed by atoms with Crippen molar-refractivity contribution >= 4 is 50.9 Å². The van der Waals surface area contributed by atoms with Gasteiger partial charge in [-0.2, -0.15) is 5.26 Å². The SMILES string of the molecule is Cc1ccc(Cl)cc1NC(=O)/C(C#N)=C/c1ccc(-c2ccc([N+](=O)[O-])cc2Br)o1. The average Bonchev–Trinajstić information content (AvgIpc) is 3.17. The largest absolute Gasteiger partial charge is 0.457 e. The van der Waals surface area contributed by atoms with Crippen LogP contribution in [0.4, 0.5) is 11.4 Å². The lowest BCUT2D eigenvalue weighted by Gasteiger charge is -2.08. The van der Waals surface area contributed by atoms with E-state index in [1.807, 2.05) is 13.0 Å². The lowest BCUT2D eigenvalue weighted by Crippen LogP contribution is -2.14. The Kier molecular flexibility index (Phi) is 6.35. The van der Waals surface area contributed by atoms with E-state index in [0.29, 0.717) is 26.5 Å². The van der Waals surface area contributed by atoms with E-state index < -0.39 is 10.8 Å². The summed E-state index contributed by atoms with van der Waals surface area (Å²) in [5.74, 6) is 0.105. The number of carbonyl (C=O) groups excluding carboxylic acids is 1. The van der Waals surface area contributed by atoms with Gasteiger partial charge in [0, 0.05) is 39.0 Å². The van der Waals surface area contributed by atoms with Gasteiger partial charge in [0.2, 0.25) is 0 Å². The zero-order valence-electron chi connectivity index (χ0n) is 15.5. The van der Waals surface area contributed by atoms with E-state index in [1.165, 1.54) is 18.2 Å². The molecule has 0 fully saturated rings. The van der Waals surface area contributed by atoms with Gasteiger partial charge >= 0.3 is 0 Å². The first-order valence-electron chi connectivity index (χ1n) is 8.52. The average molecular weight is 487 g/mol. The van der Waals surface area contributed by atoms with E-state index in [0.717, 1.165) is 5.56 Å². The first-order valence-corrected chi connectivity index (χ1v) is 9.69. The summed E-state index contributed by atoms with van der Waals surface area (Å²) in [6.45, 7) is 1.81. The third kappa shape index (κ3) is 4.76. The van der Waals surface area contributed by atoms with Crippen molar-refractivity contribution in [3.8, 4) is 17.4 Å². The fraction of sp³-hybridized carbons (Fsp3) is 0.0476. The topological polar surface area (TPSA) is 109 Å². The minimum atomic E-state index is -0.600. The molecule has 1 aromatic heterocycles. The Morgan fingerprint density at radius 1 is 1.27 bits per heavy atom. The van der Waals surface area contributed by atoms with E-state index in [9.17, 15) is 20.2 Å². The molecule has 3 aromatic rings. The van der Waals surface area contributed by atoms with Gasteiger partial charge in [0.25, 0.3) is 11.6 Å². The summed E-state index contributed by atoms with van der Waals surface area (Å²) in [5, 5.41) is 23.4. The standard InChI is InChI=1S/C21H13BrClN3O4/c1-12-2-3-14(23)9-19(12)25-21(27)13(11-24)8-16-5-7-20(30-16)17-6-4-15(26(28)29)10-18(17)22/h2-10H,1H3,(H,25,27)/b13-8+. The summed E-state index contributed by atoms with van der Waals surface area (Å²) in [5.41, 5.74) is 1.68. The Balaban J connectivity index is 1.85. The Labute approximate surface area is 184 Å². The number of nitrogens with one attached hydrogen (secondary N) is 1. The summed E-state index contributed by atoms with van der Waals surface area (Å²) in [7, 11) is 0. The molecule has 0 saturated carbocycles. The second kappa shape index (κ2) is 8.95. The Hall–Kier alpha value is -3.41. The van der Waals surface area contributed by atoms with Gasteiger partial charge in [-0.05, 0) is 58.7 Å². The predicted octanol–water partition coefficient (Wildman–Crippen LogP) is 6.12. The molecule has 0 aliphatic heterocycles. The van der Waals surface area contributed by atoms with Gasteiger partial charge in [-0.15, -0.1) is 0 Å². The molecule has 0 saturated heterocycles. The van der Waals surface area contributed by atoms with Crippen LogP contribution >= 0.6 is 27.5 Å². The van der Waals surface area contributed by atoms with Crippen molar-refractivity contribution in [2.45, 2.75) is 6.92 Å². The van der Waals surface area contributed by atoms with Gasteiger partial charge in [-0.25, -0.2) is 0 Å². The number of rotatable bonds is 5. The van der Waals surface area contributed by atoms with Crippen LogP contribution in [0.3, 0.4) is 0 Å². The van der Waals surface area contributed by atoms with Gasteiger partial charge in [0.1, 0.15) is 23.2 Å². The molecule has 0 aliphatic carbocycles. The van der Waals surface area contributed by atoms with E-state index in [4.69, 9.17) is 16.0 Å². The van der Waals surface area contributed by atoms with Crippen LogP contribution in [0.2, 0.25) is 5.02 Å². The van der Waals surface area contributed by atoms with Crippen molar-refractivity contribution in [2.24, 2.45) is 0 Å². The third-order valence-corrected chi connectivity index (χ3v) is 5.05. The van der Waals surface area contributed by atoms with Crippen LogP contribution in [0.15, 0.2) is 63.0 Å². The number of amides is 1.